The second-order valence-corrected chi connectivity index (χ2v) is 9.18. The smallest absolute Gasteiger partial charge is 0.330 e. The van der Waals surface area contributed by atoms with E-state index in [0.717, 1.165) is 51.4 Å². The average Bonchev–Trinajstić information content (AvgIpc) is 3.24. The van der Waals surface area contributed by atoms with E-state index in [4.69, 9.17) is 5.73 Å². The van der Waals surface area contributed by atoms with Gasteiger partial charge in [-0.3, -0.25) is 19.1 Å². The number of H-pyrrole nitrogens is 1. The first kappa shape index (κ1) is 21.7. The number of anilines is 2. The number of nitrogens with zero attached hydrogens (tertiary/aromatic N) is 5. The highest BCUT2D eigenvalue weighted by atomic mass is 32.2. The fourth-order valence-corrected chi connectivity index (χ4v) is 5.00. The summed E-state index contributed by atoms with van der Waals surface area (Å²) in [4.78, 5) is 42.4. The fraction of sp³-hybridized carbons (Fsp3) is 0.650. The lowest BCUT2D eigenvalue weighted by molar-refractivity contribution is -0.116. The number of aromatic amines is 1. The number of thioether (sulfide) groups is 1. The summed E-state index contributed by atoms with van der Waals surface area (Å²) in [6, 6.07) is 0.314. The Kier molecular flexibility index (Phi) is 6.49. The third-order valence-electron chi connectivity index (χ3n) is 5.95. The first-order chi connectivity index (χ1) is 15.0. The number of nitrogen functional groups attached to an aromatic ring is 1. The maximum absolute atomic E-state index is 13.4. The number of carbonyl (C=O) groups is 1. The predicted octanol–water partition coefficient (Wildman–Crippen LogP) is 1.91. The molecule has 31 heavy (non-hydrogen) atoms. The van der Waals surface area contributed by atoms with Gasteiger partial charge in [0.25, 0.3) is 5.56 Å². The van der Waals surface area contributed by atoms with Crippen LogP contribution < -0.4 is 21.9 Å². The zero-order chi connectivity index (χ0) is 22.0. The lowest BCUT2D eigenvalue weighted by Crippen LogP contribution is -2.46. The van der Waals surface area contributed by atoms with Crippen molar-refractivity contribution in [3.63, 3.8) is 0 Å². The summed E-state index contributed by atoms with van der Waals surface area (Å²) in [5.41, 5.74) is 5.26. The molecule has 4 rings (SSSR count). The van der Waals surface area contributed by atoms with Gasteiger partial charge >= 0.3 is 5.69 Å². The van der Waals surface area contributed by atoms with Gasteiger partial charge in [-0.15, -0.1) is 10.2 Å². The van der Waals surface area contributed by atoms with E-state index in [1.54, 1.807) is 6.33 Å². The molecule has 2 aliphatic rings. The Bertz CT molecular complexity index is 1050. The molecule has 0 bridgehead atoms. The van der Waals surface area contributed by atoms with E-state index >= 15 is 0 Å². The summed E-state index contributed by atoms with van der Waals surface area (Å²) in [6.45, 7) is 2.41. The molecule has 0 spiro atoms. The van der Waals surface area contributed by atoms with E-state index in [9.17, 15) is 14.4 Å². The molecule has 11 heteroatoms. The molecule has 2 saturated carbocycles. The standard InChI is InChI=1S/C20H29N7O3S/c1-2-3-10-25-17(21)16(18(29)23-19(25)30)27(14-6-4-5-7-14)15(28)11-31-20-24-22-12-26(20)13-8-9-13/h12-14H,2-11,21H2,1H3,(H,23,29,30). The molecule has 2 aromatic heterocycles. The third-order valence-corrected chi connectivity index (χ3v) is 6.90. The lowest BCUT2D eigenvalue weighted by atomic mass is 10.2. The summed E-state index contributed by atoms with van der Waals surface area (Å²) < 4.78 is 3.37. The first-order valence-corrected chi connectivity index (χ1v) is 12.0. The number of hydrogen-bond acceptors (Lipinski definition) is 7. The van der Waals surface area contributed by atoms with Crippen LogP contribution in [0.5, 0.6) is 0 Å². The molecule has 0 radical (unpaired) electrons. The van der Waals surface area contributed by atoms with Crippen LogP contribution >= 0.6 is 11.8 Å². The molecule has 2 aromatic rings. The Morgan fingerprint density at radius 1 is 1.29 bits per heavy atom. The molecule has 0 atom stereocenters. The quantitative estimate of drug-likeness (QED) is 0.561. The number of amides is 1. The van der Waals surface area contributed by atoms with E-state index < -0.39 is 11.2 Å². The van der Waals surface area contributed by atoms with Crippen molar-refractivity contribution in [1.82, 2.24) is 24.3 Å². The van der Waals surface area contributed by atoms with Crippen LogP contribution in [0.2, 0.25) is 0 Å². The van der Waals surface area contributed by atoms with Gasteiger partial charge in [-0.25, -0.2) is 4.79 Å². The molecular formula is C20H29N7O3S. The topological polar surface area (TPSA) is 132 Å². The van der Waals surface area contributed by atoms with E-state index in [1.165, 1.54) is 21.2 Å². The molecule has 3 N–H and O–H groups in total. The fourth-order valence-electron chi connectivity index (χ4n) is 4.16. The van der Waals surface area contributed by atoms with Crippen LogP contribution in [0.15, 0.2) is 21.1 Å². The highest BCUT2D eigenvalue weighted by Crippen LogP contribution is 2.37. The van der Waals surface area contributed by atoms with Crippen LogP contribution in [-0.2, 0) is 11.3 Å². The Morgan fingerprint density at radius 3 is 2.71 bits per heavy atom. The molecule has 0 aliphatic heterocycles. The van der Waals surface area contributed by atoms with E-state index in [0.29, 0.717) is 17.7 Å². The number of nitrogens with two attached hydrogens (primary N) is 1. The lowest BCUT2D eigenvalue weighted by Gasteiger charge is -2.29. The van der Waals surface area contributed by atoms with Crippen molar-refractivity contribution in [2.75, 3.05) is 16.4 Å². The van der Waals surface area contributed by atoms with Crippen LogP contribution in [0.3, 0.4) is 0 Å². The van der Waals surface area contributed by atoms with E-state index in [-0.39, 0.29) is 29.2 Å². The SMILES string of the molecule is CCCCn1c(N)c(N(C(=O)CSc2nncn2C2CC2)C2CCCC2)c(=O)[nH]c1=O. The summed E-state index contributed by atoms with van der Waals surface area (Å²) in [5.74, 6) is -0.0248. The normalized spacial score (nSPS) is 16.7. The minimum atomic E-state index is -0.610. The number of carbonyl (C=O) groups excluding carboxylic acids is 1. The molecule has 2 heterocycles. The molecule has 2 aliphatic carbocycles. The number of rotatable bonds is 9. The molecular weight excluding hydrogens is 418 g/mol. The Hall–Kier alpha value is -2.56. The highest BCUT2D eigenvalue weighted by molar-refractivity contribution is 7.99. The molecule has 0 saturated heterocycles. The average molecular weight is 448 g/mol. The molecule has 1 amide bonds. The molecule has 0 unspecified atom stereocenters. The summed E-state index contributed by atoms with van der Waals surface area (Å²) in [6.07, 6.45) is 9.12. The van der Waals surface area contributed by atoms with Crippen LogP contribution in [0, 0.1) is 0 Å². The van der Waals surface area contributed by atoms with Crippen molar-refractivity contribution in [1.29, 1.82) is 0 Å². The maximum atomic E-state index is 13.4. The van der Waals surface area contributed by atoms with Gasteiger partial charge in [-0.1, -0.05) is 37.9 Å². The van der Waals surface area contributed by atoms with Gasteiger partial charge in [0, 0.05) is 18.6 Å². The van der Waals surface area contributed by atoms with Crippen LogP contribution in [0.4, 0.5) is 11.5 Å². The van der Waals surface area contributed by atoms with Crippen molar-refractivity contribution in [2.45, 2.75) is 82.1 Å². The van der Waals surface area contributed by atoms with E-state index in [2.05, 4.69) is 15.2 Å². The van der Waals surface area contributed by atoms with Crippen molar-refractivity contribution >= 4 is 29.2 Å². The first-order valence-electron chi connectivity index (χ1n) is 11.0. The van der Waals surface area contributed by atoms with Gasteiger partial charge in [0.15, 0.2) is 10.8 Å². The Labute approximate surface area is 184 Å². The summed E-state index contributed by atoms with van der Waals surface area (Å²) >= 11 is 1.32. The van der Waals surface area contributed by atoms with Gasteiger partial charge in [0.1, 0.15) is 12.1 Å². The van der Waals surface area contributed by atoms with Crippen molar-refractivity contribution in [2.24, 2.45) is 0 Å². The Morgan fingerprint density at radius 2 is 2.03 bits per heavy atom. The number of unbranched alkanes of at least 4 members (excludes halogenated alkanes) is 1. The second kappa shape index (κ2) is 9.29. The maximum Gasteiger partial charge on any atom is 0.330 e. The number of nitrogens with one attached hydrogen (secondary N) is 1. The van der Waals surface area contributed by atoms with Crippen molar-refractivity contribution in [3.8, 4) is 0 Å². The third kappa shape index (κ3) is 4.56. The second-order valence-electron chi connectivity index (χ2n) is 8.24. The van der Waals surface area contributed by atoms with Gasteiger partial charge in [0.05, 0.1) is 5.75 Å². The van der Waals surface area contributed by atoms with Crippen molar-refractivity contribution < 1.29 is 4.79 Å². The molecule has 10 nitrogen and oxygen atoms in total. The minimum Gasteiger partial charge on any atom is -0.383 e. The minimum absolute atomic E-state index is 0.0635. The van der Waals surface area contributed by atoms with Crippen molar-refractivity contribution in [3.05, 3.63) is 27.2 Å². The zero-order valence-electron chi connectivity index (χ0n) is 17.7. The van der Waals surface area contributed by atoms with E-state index in [1.807, 2.05) is 11.5 Å². The van der Waals surface area contributed by atoms with Crippen LogP contribution in [0.1, 0.15) is 64.3 Å². The molecule has 2 fully saturated rings. The summed E-state index contributed by atoms with van der Waals surface area (Å²) in [5, 5.41) is 8.82. The van der Waals surface area contributed by atoms with Gasteiger partial charge in [-0.2, -0.15) is 0 Å². The van der Waals surface area contributed by atoms with Crippen LogP contribution in [0.25, 0.3) is 0 Å². The van der Waals surface area contributed by atoms with Crippen LogP contribution in [-0.4, -0.2) is 42.0 Å². The monoisotopic (exact) mass is 447 g/mol. The molecule has 168 valence electrons. The van der Waals surface area contributed by atoms with Gasteiger partial charge in [0.2, 0.25) is 5.91 Å². The van der Waals surface area contributed by atoms with Gasteiger partial charge < -0.3 is 15.2 Å². The molecule has 0 aromatic carbocycles. The largest absolute Gasteiger partial charge is 0.383 e. The predicted molar refractivity (Wildman–Crippen MR) is 119 cm³/mol. The highest BCUT2D eigenvalue weighted by Gasteiger charge is 2.33. The zero-order valence-corrected chi connectivity index (χ0v) is 18.6. The Balaban J connectivity index is 1.63. The van der Waals surface area contributed by atoms with Gasteiger partial charge in [-0.05, 0) is 32.1 Å². The number of hydrogen-bond donors (Lipinski definition) is 2. The summed E-state index contributed by atoms with van der Waals surface area (Å²) in [7, 11) is 0. The number of aromatic nitrogens is 5.